The highest BCUT2D eigenvalue weighted by molar-refractivity contribution is 5.99. The lowest BCUT2D eigenvalue weighted by Gasteiger charge is -2.29. The maximum atomic E-state index is 12.2. The van der Waals surface area contributed by atoms with E-state index < -0.39 is 0 Å². The molecule has 1 saturated heterocycles. The Morgan fingerprint density at radius 3 is 2.41 bits per heavy atom. The molecular formula is C23H23N7O2. The highest BCUT2D eigenvalue weighted by Crippen LogP contribution is 2.28. The molecule has 4 heterocycles. The van der Waals surface area contributed by atoms with Gasteiger partial charge < -0.3 is 20.3 Å². The smallest absolute Gasteiger partial charge is 0.323 e. The Morgan fingerprint density at radius 1 is 1.00 bits per heavy atom. The lowest BCUT2D eigenvalue weighted by atomic mass is 10.1. The number of urea groups is 1. The summed E-state index contributed by atoms with van der Waals surface area (Å²) >= 11 is 0. The third-order valence-corrected chi connectivity index (χ3v) is 5.35. The zero-order valence-electron chi connectivity index (χ0n) is 17.7. The van der Waals surface area contributed by atoms with E-state index in [9.17, 15) is 4.79 Å². The number of hydrogen-bond donors (Lipinski definition) is 2. The molecule has 162 valence electrons. The molecular weight excluding hydrogens is 406 g/mol. The first-order chi connectivity index (χ1) is 15.7. The molecule has 1 fully saturated rings. The first kappa shape index (κ1) is 20.0. The van der Waals surface area contributed by atoms with Crippen LogP contribution >= 0.6 is 0 Å². The minimum atomic E-state index is -0.313. The highest BCUT2D eigenvalue weighted by atomic mass is 16.5. The first-order valence-corrected chi connectivity index (χ1v) is 10.4. The zero-order chi connectivity index (χ0) is 21.9. The van der Waals surface area contributed by atoms with Crippen LogP contribution in [0.15, 0.2) is 61.1 Å². The Bertz CT molecular complexity index is 1230. The van der Waals surface area contributed by atoms with Crippen LogP contribution in [0.2, 0.25) is 0 Å². The van der Waals surface area contributed by atoms with Crippen molar-refractivity contribution in [3.63, 3.8) is 0 Å². The third-order valence-electron chi connectivity index (χ3n) is 5.35. The Morgan fingerprint density at radius 2 is 1.69 bits per heavy atom. The van der Waals surface area contributed by atoms with Crippen LogP contribution in [0.3, 0.4) is 0 Å². The molecule has 2 amide bonds. The van der Waals surface area contributed by atoms with Crippen molar-refractivity contribution in [1.29, 1.82) is 0 Å². The fourth-order valence-electron chi connectivity index (χ4n) is 3.69. The maximum Gasteiger partial charge on any atom is 0.323 e. The predicted molar refractivity (Wildman–Crippen MR) is 123 cm³/mol. The van der Waals surface area contributed by atoms with Crippen molar-refractivity contribution in [2.24, 2.45) is 0 Å². The molecule has 32 heavy (non-hydrogen) atoms. The zero-order valence-corrected chi connectivity index (χ0v) is 17.7. The van der Waals surface area contributed by atoms with Crippen molar-refractivity contribution in [3.8, 4) is 11.3 Å². The molecule has 1 aliphatic heterocycles. The van der Waals surface area contributed by atoms with E-state index in [1.54, 1.807) is 24.5 Å². The van der Waals surface area contributed by atoms with Crippen LogP contribution in [0.5, 0.6) is 0 Å². The minimum absolute atomic E-state index is 0.313. The predicted octanol–water partition coefficient (Wildman–Crippen LogP) is 3.58. The minimum Gasteiger partial charge on any atom is -0.378 e. The average molecular weight is 429 g/mol. The molecule has 0 saturated carbocycles. The Labute approximate surface area is 185 Å². The van der Waals surface area contributed by atoms with Gasteiger partial charge in [-0.2, -0.15) is 5.10 Å². The van der Waals surface area contributed by atoms with Crippen molar-refractivity contribution in [1.82, 2.24) is 19.6 Å². The number of pyridine rings is 1. The number of nitrogens with zero attached hydrogens (tertiary/aromatic N) is 5. The summed E-state index contributed by atoms with van der Waals surface area (Å²) in [4.78, 5) is 23.0. The normalized spacial score (nSPS) is 13.8. The number of nitrogens with one attached hydrogen (secondary N) is 2. The summed E-state index contributed by atoms with van der Waals surface area (Å²) in [6.45, 7) is 5.03. The van der Waals surface area contributed by atoms with Crippen molar-refractivity contribution < 1.29 is 9.53 Å². The molecule has 1 aromatic carbocycles. The standard InChI is InChI=1S/C23H23N7O2/c1-16-15-25-22-21(29-10-12-32-13-11-29)14-20(28-30(16)22)17-2-4-18(5-3-17)26-23(31)27-19-6-8-24-9-7-19/h2-9,14-15H,10-13H2,1H3,(H2,24,26,27,31). The highest BCUT2D eigenvalue weighted by Gasteiger charge is 2.18. The molecule has 0 aliphatic carbocycles. The second-order valence-corrected chi connectivity index (χ2v) is 7.54. The molecule has 1 aliphatic rings. The van der Waals surface area contributed by atoms with E-state index >= 15 is 0 Å². The number of hydrogen-bond acceptors (Lipinski definition) is 6. The van der Waals surface area contributed by atoms with Crippen molar-refractivity contribution in [3.05, 3.63) is 66.7 Å². The fourth-order valence-corrected chi connectivity index (χ4v) is 3.69. The van der Waals surface area contributed by atoms with E-state index in [0.717, 1.165) is 41.4 Å². The van der Waals surface area contributed by atoms with Crippen molar-refractivity contribution >= 4 is 28.7 Å². The van der Waals surface area contributed by atoms with Gasteiger partial charge in [0.1, 0.15) is 0 Å². The van der Waals surface area contributed by atoms with Gasteiger partial charge in [-0.1, -0.05) is 12.1 Å². The van der Waals surface area contributed by atoms with E-state index in [-0.39, 0.29) is 6.03 Å². The third kappa shape index (κ3) is 4.10. The number of rotatable bonds is 4. The van der Waals surface area contributed by atoms with Crippen molar-refractivity contribution in [2.45, 2.75) is 6.92 Å². The Hall–Kier alpha value is -3.98. The molecule has 4 aromatic rings. The lowest BCUT2D eigenvalue weighted by Crippen LogP contribution is -2.36. The molecule has 5 rings (SSSR count). The second-order valence-electron chi connectivity index (χ2n) is 7.54. The molecule has 2 N–H and O–H groups in total. The molecule has 0 spiro atoms. The summed E-state index contributed by atoms with van der Waals surface area (Å²) in [6, 6.07) is 12.9. The van der Waals surface area contributed by atoms with Crippen LogP contribution < -0.4 is 15.5 Å². The van der Waals surface area contributed by atoms with Gasteiger partial charge in [0.25, 0.3) is 0 Å². The number of aromatic nitrogens is 4. The van der Waals surface area contributed by atoms with Crippen LogP contribution in [-0.2, 0) is 4.74 Å². The number of fused-ring (bicyclic) bond motifs is 1. The summed E-state index contributed by atoms with van der Waals surface area (Å²) in [5, 5.41) is 10.4. The Kier molecular flexibility index (Phi) is 5.39. The summed E-state index contributed by atoms with van der Waals surface area (Å²) in [5.41, 5.74) is 6.03. The van der Waals surface area contributed by atoms with Gasteiger partial charge in [-0.05, 0) is 37.3 Å². The monoisotopic (exact) mass is 429 g/mol. The summed E-state index contributed by atoms with van der Waals surface area (Å²) in [5.74, 6) is 0. The lowest BCUT2D eigenvalue weighted by molar-refractivity contribution is 0.123. The number of imidazole rings is 1. The van der Waals surface area contributed by atoms with E-state index in [2.05, 4.69) is 31.6 Å². The molecule has 0 unspecified atom stereocenters. The molecule has 3 aromatic heterocycles. The van der Waals surface area contributed by atoms with Gasteiger partial charge in [0.2, 0.25) is 0 Å². The number of anilines is 3. The van der Waals surface area contributed by atoms with Crippen LogP contribution in [0.25, 0.3) is 16.9 Å². The summed E-state index contributed by atoms with van der Waals surface area (Å²) < 4.78 is 7.39. The van der Waals surface area contributed by atoms with Gasteiger partial charge in [-0.25, -0.2) is 14.3 Å². The van der Waals surface area contributed by atoms with Crippen molar-refractivity contribution in [2.75, 3.05) is 41.8 Å². The Balaban J connectivity index is 1.39. The van der Waals surface area contributed by atoms with Crippen LogP contribution in [-0.4, -0.2) is 51.9 Å². The van der Waals surface area contributed by atoms with Gasteiger partial charge in [0.05, 0.1) is 36.5 Å². The molecule has 0 radical (unpaired) electrons. The molecule has 9 heteroatoms. The number of amides is 2. The van der Waals surface area contributed by atoms with E-state index in [1.807, 2.05) is 41.9 Å². The SMILES string of the molecule is Cc1cnc2c(N3CCOCC3)cc(-c3ccc(NC(=O)Nc4ccncc4)cc3)nn12. The van der Waals surface area contributed by atoms with Gasteiger partial charge >= 0.3 is 6.03 Å². The first-order valence-electron chi connectivity index (χ1n) is 10.4. The number of benzene rings is 1. The van der Waals surface area contributed by atoms with Gasteiger partial charge in [-0.15, -0.1) is 0 Å². The molecule has 0 bridgehead atoms. The van der Waals surface area contributed by atoms with Gasteiger partial charge in [0.15, 0.2) is 5.65 Å². The van der Waals surface area contributed by atoms with Crippen LogP contribution in [0.4, 0.5) is 21.9 Å². The van der Waals surface area contributed by atoms with Crippen LogP contribution in [0, 0.1) is 6.92 Å². The number of morpholine rings is 1. The quantitative estimate of drug-likeness (QED) is 0.515. The van der Waals surface area contributed by atoms with E-state index in [1.165, 1.54) is 0 Å². The summed E-state index contributed by atoms with van der Waals surface area (Å²) in [7, 11) is 0. The largest absolute Gasteiger partial charge is 0.378 e. The van der Waals surface area contributed by atoms with E-state index in [4.69, 9.17) is 9.84 Å². The number of aryl methyl sites for hydroxylation is 1. The van der Waals surface area contributed by atoms with Gasteiger partial charge in [0, 0.05) is 42.4 Å². The topological polar surface area (TPSA) is 96.7 Å². The average Bonchev–Trinajstić information content (AvgIpc) is 3.21. The van der Waals surface area contributed by atoms with Gasteiger partial charge in [-0.3, -0.25) is 4.98 Å². The maximum absolute atomic E-state index is 12.2. The number of carbonyl (C=O) groups is 1. The second kappa shape index (κ2) is 8.64. The molecule has 9 nitrogen and oxygen atoms in total. The van der Waals surface area contributed by atoms with E-state index in [0.29, 0.717) is 24.6 Å². The number of ether oxygens (including phenoxy) is 1. The van der Waals surface area contributed by atoms with Crippen LogP contribution in [0.1, 0.15) is 5.69 Å². The fraction of sp³-hybridized carbons (Fsp3) is 0.217. The number of carbonyl (C=O) groups excluding carboxylic acids is 1. The summed E-state index contributed by atoms with van der Waals surface area (Å²) in [6.07, 6.45) is 5.09. The molecule has 0 atom stereocenters.